The second kappa shape index (κ2) is 7.32. The van der Waals surface area contributed by atoms with Gasteiger partial charge in [0.1, 0.15) is 5.69 Å². The van der Waals surface area contributed by atoms with Gasteiger partial charge in [0.05, 0.1) is 35.1 Å². The van der Waals surface area contributed by atoms with E-state index in [1.54, 1.807) is 30.6 Å². The Morgan fingerprint density at radius 1 is 1.24 bits per heavy atom. The van der Waals surface area contributed by atoms with Crippen LogP contribution in [0.5, 0.6) is 0 Å². The van der Waals surface area contributed by atoms with Crippen molar-refractivity contribution in [3.05, 3.63) is 83.6 Å². The highest BCUT2D eigenvalue weighted by molar-refractivity contribution is 6.14. The molecule has 8 heteroatoms. The quantitative estimate of drug-likeness (QED) is 0.486. The minimum atomic E-state index is -1.17. The van der Waals surface area contributed by atoms with Gasteiger partial charge in [0, 0.05) is 29.5 Å². The van der Waals surface area contributed by atoms with Crippen molar-refractivity contribution in [2.24, 2.45) is 0 Å². The molecule has 8 nitrogen and oxygen atoms in total. The van der Waals surface area contributed by atoms with Crippen molar-refractivity contribution in [2.75, 3.05) is 5.32 Å². The number of rotatable bonds is 5. The van der Waals surface area contributed by atoms with E-state index < -0.39 is 11.9 Å². The van der Waals surface area contributed by atoms with Crippen LogP contribution in [0, 0.1) is 11.3 Å². The molecular weight excluding hydrogens is 370 g/mol. The van der Waals surface area contributed by atoms with Crippen LogP contribution in [-0.4, -0.2) is 31.5 Å². The van der Waals surface area contributed by atoms with Crippen LogP contribution in [0.1, 0.15) is 32.1 Å². The maximum Gasteiger partial charge on any atom is 0.354 e. The fourth-order valence-corrected chi connectivity index (χ4v) is 3.18. The van der Waals surface area contributed by atoms with Crippen LogP contribution in [0.15, 0.2) is 61.1 Å². The lowest BCUT2D eigenvalue weighted by Gasteiger charge is -2.04. The number of carboxylic acids is 1. The summed E-state index contributed by atoms with van der Waals surface area (Å²) in [5.41, 5.74) is 2.42. The number of hydrogen-bond donors (Lipinski definition) is 3. The van der Waals surface area contributed by atoms with E-state index in [-0.39, 0.29) is 11.4 Å². The van der Waals surface area contributed by atoms with Crippen molar-refractivity contribution in [2.45, 2.75) is 6.54 Å². The Morgan fingerprint density at radius 3 is 2.83 bits per heavy atom. The van der Waals surface area contributed by atoms with Gasteiger partial charge in [-0.15, -0.1) is 0 Å². The zero-order chi connectivity index (χ0) is 20.4. The van der Waals surface area contributed by atoms with Gasteiger partial charge in [-0.2, -0.15) is 5.26 Å². The first-order valence-corrected chi connectivity index (χ1v) is 8.71. The molecule has 3 heterocycles. The number of carbonyl (C=O) groups is 2. The normalized spacial score (nSPS) is 10.6. The number of anilines is 1. The molecule has 0 aliphatic heterocycles. The molecule has 1 aromatic carbocycles. The van der Waals surface area contributed by atoms with E-state index in [1.807, 2.05) is 22.8 Å². The van der Waals surface area contributed by atoms with Gasteiger partial charge in [-0.1, -0.05) is 6.07 Å². The average Bonchev–Trinajstić information content (AvgIpc) is 3.33. The number of carboxylic acid groups (broad SMARTS) is 1. The second-order valence-corrected chi connectivity index (χ2v) is 6.36. The Bertz CT molecular complexity index is 1260. The molecule has 0 saturated heterocycles. The first-order chi connectivity index (χ1) is 14.1. The fourth-order valence-electron chi connectivity index (χ4n) is 3.18. The molecule has 142 valence electrons. The molecule has 4 aromatic rings. The van der Waals surface area contributed by atoms with Crippen LogP contribution in [0.3, 0.4) is 0 Å². The van der Waals surface area contributed by atoms with Crippen LogP contribution in [0.4, 0.5) is 5.69 Å². The Morgan fingerprint density at radius 2 is 2.10 bits per heavy atom. The van der Waals surface area contributed by atoms with Crippen molar-refractivity contribution >= 4 is 28.5 Å². The number of amides is 1. The summed E-state index contributed by atoms with van der Waals surface area (Å²) in [6.07, 6.45) is 4.82. The van der Waals surface area contributed by atoms with Crippen LogP contribution in [-0.2, 0) is 6.54 Å². The number of H-pyrrole nitrogens is 1. The predicted octanol–water partition coefficient (Wildman–Crippen LogP) is 3.23. The van der Waals surface area contributed by atoms with Crippen LogP contribution in [0.2, 0.25) is 0 Å². The molecule has 0 unspecified atom stereocenters. The molecule has 0 aliphatic rings. The molecule has 0 fully saturated rings. The lowest BCUT2D eigenvalue weighted by molar-refractivity contribution is 0.0692. The van der Waals surface area contributed by atoms with Crippen LogP contribution >= 0.6 is 0 Å². The monoisotopic (exact) mass is 385 g/mol. The minimum Gasteiger partial charge on any atom is -0.477 e. The second-order valence-electron chi connectivity index (χ2n) is 6.36. The summed E-state index contributed by atoms with van der Waals surface area (Å²) in [5.74, 6) is -1.64. The molecule has 3 N–H and O–H groups in total. The van der Waals surface area contributed by atoms with Gasteiger partial charge in [-0.25, -0.2) is 4.79 Å². The number of nitrogens with one attached hydrogen (secondary N) is 2. The number of pyridine rings is 1. The number of aromatic nitrogens is 3. The highest BCUT2D eigenvalue weighted by atomic mass is 16.4. The molecule has 0 bridgehead atoms. The summed E-state index contributed by atoms with van der Waals surface area (Å²) >= 11 is 0. The number of aromatic carboxylic acids is 1. The summed E-state index contributed by atoms with van der Waals surface area (Å²) in [6.45, 7) is 0.445. The van der Waals surface area contributed by atoms with Gasteiger partial charge in [-0.05, 0) is 36.4 Å². The molecule has 4 rings (SSSR count). The van der Waals surface area contributed by atoms with E-state index in [0.29, 0.717) is 23.1 Å². The third-order valence-electron chi connectivity index (χ3n) is 4.52. The highest BCUT2D eigenvalue weighted by Gasteiger charge is 2.19. The molecule has 0 radical (unpaired) electrons. The number of nitriles is 1. The highest BCUT2D eigenvalue weighted by Crippen LogP contribution is 2.25. The van der Waals surface area contributed by atoms with Gasteiger partial charge < -0.3 is 20.0 Å². The number of carbonyl (C=O) groups excluding carboxylic acids is 1. The number of nitrogens with zero attached hydrogens (tertiary/aromatic N) is 3. The van der Waals surface area contributed by atoms with Gasteiger partial charge in [0.15, 0.2) is 0 Å². The van der Waals surface area contributed by atoms with Crippen molar-refractivity contribution in [1.82, 2.24) is 14.5 Å². The lowest BCUT2D eigenvalue weighted by atomic mass is 10.1. The topological polar surface area (TPSA) is 124 Å². The lowest BCUT2D eigenvalue weighted by Crippen LogP contribution is -2.14. The zero-order valence-corrected chi connectivity index (χ0v) is 15.1. The van der Waals surface area contributed by atoms with Crippen LogP contribution < -0.4 is 5.32 Å². The Kier molecular flexibility index (Phi) is 4.55. The first-order valence-electron chi connectivity index (χ1n) is 8.71. The Hall–Kier alpha value is -4.38. The number of aromatic amines is 1. The molecule has 0 atom stereocenters. The minimum absolute atomic E-state index is 0.103. The summed E-state index contributed by atoms with van der Waals surface area (Å²) in [4.78, 5) is 31.1. The summed E-state index contributed by atoms with van der Waals surface area (Å²) in [6, 6.07) is 14.3. The molecule has 3 aromatic heterocycles. The summed E-state index contributed by atoms with van der Waals surface area (Å²) in [5, 5.41) is 21.7. The molecule has 29 heavy (non-hydrogen) atoms. The van der Waals surface area contributed by atoms with Crippen molar-refractivity contribution < 1.29 is 14.7 Å². The van der Waals surface area contributed by atoms with Crippen LogP contribution in [0.25, 0.3) is 10.9 Å². The van der Waals surface area contributed by atoms with Crippen molar-refractivity contribution in [3.63, 3.8) is 0 Å². The van der Waals surface area contributed by atoms with Gasteiger partial charge >= 0.3 is 5.97 Å². The average molecular weight is 385 g/mol. The number of benzene rings is 1. The van der Waals surface area contributed by atoms with Gasteiger partial charge in [-0.3, -0.25) is 9.78 Å². The Labute approximate surface area is 165 Å². The van der Waals surface area contributed by atoms with E-state index in [4.69, 9.17) is 0 Å². The number of hydrogen-bond acceptors (Lipinski definition) is 4. The third-order valence-corrected chi connectivity index (χ3v) is 4.52. The van der Waals surface area contributed by atoms with E-state index >= 15 is 0 Å². The van der Waals surface area contributed by atoms with E-state index in [0.717, 1.165) is 11.2 Å². The molecule has 0 spiro atoms. The van der Waals surface area contributed by atoms with E-state index in [9.17, 15) is 20.0 Å². The predicted molar refractivity (Wildman–Crippen MR) is 106 cm³/mol. The number of fused-ring (bicyclic) bond motifs is 1. The van der Waals surface area contributed by atoms with Crippen molar-refractivity contribution in [3.8, 4) is 6.07 Å². The smallest absolute Gasteiger partial charge is 0.354 e. The maximum absolute atomic E-state index is 12.9. The van der Waals surface area contributed by atoms with Gasteiger partial charge in [0.2, 0.25) is 0 Å². The molecule has 1 amide bonds. The van der Waals surface area contributed by atoms with E-state index in [2.05, 4.69) is 21.4 Å². The largest absolute Gasteiger partial charge is 0.477 e. The van der Waals surface area contributed by atoms with Crippen molar-refractivity contribution in [1.29, 1.82) is 5.26 Å². The first kappa shape index (κ1) is 18.0. The fraction of sp³-hybridized carbons (Fsp3) is 0.0476. The standard InChI is InChI=1S/C21H15N5O3/c22-10-13-4-5-18-15(9-13)16(12-26(18)11-14-3-1-2-7-23-14)20(27)25-17-6-8-24-19(17)21(28)29/h1-9,12,24H,11H2,(H,25,27)(H,28,29). The summed E-state index contributed by atoms with van der Waals surface area (Å²) < 4.78 is 1.88. The molecule has 0 aliphatic carbocycles. The molecular formula is C21H15N5O3. The maximum atomic E-state index is 12.9. The third kappa shape index (κ3) is 3.44. The zero-order valence-electron chi connectivity index (χ0n) is 15.1. The summed E-state index contributed by atoms with van der Waals surface area (Å²) in [7, 11) is 0. The molecule has 0 saturated carbocycles. The SMILES string of the molecule is N#Cc1ccc2c(c1)c(C(=O)Nc1cc[nH]c1C(=O)O)cn2Cc1ccccn1. The van der Waals surface area contributed by atoms with E-state index in [1.165, 1.54) is 12.3 Å². The Balaban J connectivity index is 1.76. The van der Waals surface area contributed by atoms with Gasteiger partial charge in [0.25, 0.3) is 5.91 Å².